The van der Waals surface area contributed by atoms with Gasteiger partial charge in [-0.25, -0.2) is 0 Å². The summed E-state index contributed by atoms with van der Waals surface area (Å²) >= 11 is 6.08. The Balaban J connectivity index is 1.84. The van der Waals surface area contributed by atoms with Gasteiger partial charge in [0.15, 0.2) is 5.78 Å². The van der Waals surface area contributed by atoms with Crippen molar-refractivity contribution in [3.8, 4) is 0 Å². The predicted molar refractivity (Wildman–Crippen MR) is 137 cm³/mol. The van der Waals surface area contributed by atoms with E-state index < -0.39 is 5.92 Å². The highest BCUT2D eigenvalue weighted by Gasteiger charge is 2.46. The van der Waals surface area contributed by atoms with Crippen LogP contribution < -0.4 is 4.90 Å². The number of rotatable bonds is 3. The van der Waals surface area contributed by atoms with Crippen molar-refractivity contribution in [2.45, 2.75) is 32.6 Å². The van der Waals surface area contributed by atoms with E-state index in [1.54, 1.807) is 66.1 Å². The smallest absolute Gasteiger partial charge is 0.162 e. The molecule has 2 aromatic heterocycles. The highest BCUT2D eigenvalue weighted by molar-refractivity contribution is 6.30. The lowest BCUT2D eigenvalue weighted by atomic mass is 9.67. The van der Waals surface area contributed by atoms with Gasteiger partial charge >= 0.3 is 0 Å². The highest BCUT2D eigenvalue weighted by Crippen LogP contribution is 2.51. The Morgan fingerprint density at radius 1 is 1.06 bits per heavy atom. The van der Waals surface area contributed by atoms with E-state index >= 15 is 0 Å². The summed E-state index contributed by atoms with van der Waals surface area (Å²) in [5, 5.41) is 21.5. The molecule has 1 aromatic carbocycles. The molecule has 1 atom stereocenters. The number of nitrogens with zero attached hydrogens (tertiary/aromatic N) is 3. The molecule has 1 aliphatic heterocycles. The summed E-state index contributed by atoms with van der Waals surface area (Å²) in [6, 6.07) is 14.2. The minimum atomic E-state index is -0.626. The molecule has 176 valence electrons. The quantitative estimate of drug-likeness (QED) is 0.424. The number of allylic oxidation sites excluding steroid dienone is 2. The number of aliphatic hydroxyl groups excluding tert-OH is 1. The molecule has 2 N–H and O–H groups in total. The number of carbonyl (C=O) groups is 1. The van der Waals surface area contributed by atoms with Crippen LogP contribution in [0.25, 0.3) is 5.76 Å². The number of halogens is 1. The number of nitrogens with one attached hydrogen (secondary N) is 1. The number of benzene rings is 1. The molecule has 1 aliphatic carbocycles. The molecule has 2 aliphatic rings. The first-order chi connectivity index (χ1) is 16.8. The fraction of sp³-hybridized carbons (Fsp3) is 0.214. The van der Waals surface area contributed by atoms with Crippen LogP contribution in [0.1, 0.15) is 43.7 Å². The molecule has 0 saturated carbocycles. The van der Waals surface area contributed by atoms with Gasteiger partial charge < -0.3 is 5.11 Å². The first-order valence-corrected chi connectivity index (χ1v) is 11.8. The molecule has 5 rings (SSSR count). The molecule has 0 bridgehead atoms. The number of amidine groups is 1. The minimum Gasteiger partial charge on any atom is -0.507 e. The highest BCUT2D eigenvalue weighted by atomic mass is 35.5. The van der Waals surface area contributed by atoms with Gasteiger partial charge in [0.1, 0.15) is 11.6 Å². The third-order valence-electron chi connectivity index (χ3n) is 6.52. The van der Waals surface area contributed by atoms with Crippen molar-refractivity contribution in [2.75, 3.05) is 4.90 Å². The summed E-state index contributed by atoms with van der Waals surface area (Å²) in [6.07, 6.45) is 7.70. The summed E-state index contributed by atoms with van der Waals surface area (Å²) in [7, 11) is 0. The monoisotopic (exact) mass is 484 g/mol. The number of hydrogen-bond donors (Lipinski definition) is 2. The predicted octanol–water partition coefficient (Wildman–Crippen LogP) is 6.32. The Labute approximate surface area is 209 Å². The summed E-state index contributed by atoms with van der Waals surface area (Å²) in [5.74, 6) is -0.589. The van der Waals surface area contributed by atoms with E-state index in [0.29, 0.717) is 40.3 Å². The number of aliphatic hydroxyl groups is 1. The molecule has 35 heavy (non-hydrogen) atoms. The van der Waals surface area contributed by atoms with Crippen LogP contribution in [-0.4, -0.2) is 26.7 Å². The second-order valence-corrected chi connectivity index (χ2v) is 10.1. The Kier molecular flexibility index (Phi) is 5.77. The molecule has 0 spiro atoms. The molecule has 0 radical (unpaired) electrons. The minimum absolute atomic E-state index is 0.00731. The van der Waals surface area contributed by atoms with E-state index in [0.717, 1.165) is 11.3 Å². The van der Waals surface area contributed by atoms with Crippen LogP contribution in [0, 0.1) is 10.8 Å². The lowest BCUT2D eigenvalue weighted by Crippen LogP contribution is -2.45. The van der Waals surface area contributed by atoms with E-state index in [4.69, 9.17) is 11.6 Å². The molecule has 1 unspecified atom stereocenters. The largest absolute Gasteiger partial charge is 0.507 e. The molecule has 3 aromatic rings. The van der Waals surface area contributed by atoms with Crippen molar-refractivity contribution < 1.29 is 9.90 Å². The standard InChI is InChI=1S/C28H25ClN4O2/c1-28(2)13-21-24(22(34)14-28)23(18-5-3-11-31-15-18)25(26(35)17-7-9-19(29)10-8-17)27(30)33(21)20-6-4-12-32-16-20/h3-12,15-16,23,30,35H,13-14H2,1-2H3/b26-25+,30-27?. The first kappa shape index (κ1) is 23.0. The van der Waals surface area contributed by atoms with E-state index in [1.165, 1.54) is 0 Å². The Morgan fingerprint density at radius 3 is 2.37 bits per heavy atom. The van der Waals surface area contributed by atoms with Gasteiger partial charge in [0.2, 0.25) is 0 Å². The Bertz CT molecular complexity index is 1360. The Morgan fingerprint density at radius 2 is 1.74 bits per heavy atom. The molecule has 6 nitrogen and oxygen atoms in total. The van der Waals surface area contributed by atoms with Gasteiger partial charge in [-0.1, -0.05) is 31.5 Å². The van der Waals surface area contributed by atoms with Crippen LogP contribution in [0.3, 0.4) is 0 Å². The SMILES string of the molecule is CC1(C)CC(=O)C2=C(C1)N(c1cccnc1)C(=N)/C(=C(/O)c1ccc(Cl)cc1)C2c1cccnc1. The molecule has 0 fully saturated rings. The molecule has 3 heterocycles. The van der Waals surface area contributed by atoms with Gasteiger partial charge in [0.25, 0.3) is 0 Å². The lowest BCUT2D eigenvalue weighted by molar-refractivity contribution is -0.118. The second kappa shape index (κ2) is 8.78. The maximum absolute atomic E-state index is 13.7. The average molecular weight is 485 g/mol. The zero-order valence-electron chi connectivity index (χ0n) is 19.5. The van der Waals surface area contributed by atoms with Crippen LogP contribution in [-0.2, 0) is 4.79 Å². The van der Waals surface area contributed by atoms with Crippen molar-refractivity contribution in [2.24, 2.45) is 5.41 Å². The van der Waals surface area contributed by atoms with Crippen LogP contribution in [0.2, 0.25) is 5.02 Å². The van der Waals surface area contributed by atoms with Crippen LogP contribution in [0.5, 0.6) is 0 Å². The van der Waals surface area contributed by atoms with E-state index in [1.807, 2.05) is 12.1 Å². The number of aromatic nitrogens is 2. The number of ketones is 1. The van der Waals surface area contributed by atoms with Crippen molar-refractivity contribution in [1.82, 2.24) is 9.97 Å². The Hall–Kier alpha value is -3.77. The summed E-state index contributed by atoms with van der Waals surface area (Å²) < 4.78 is 0. The number of pyridine rings is 2. The van der Waals surface area contributed by atoms with Crippen molar-refractivity contribution >= 4 is 34.7 Å². The summed E-state index contributed by atoms with van der Waals surface area (Å²) in [6.45, 7) is 4.13. The zero-order chi connectivity index (χ0) is 24.7. The van der Waals surface area contributed by atoms with Gasteiger partial charge in [0.05, 0.1) is 11.9 Å². The maximum atomic E-state index is 13.7. The van der Waals surface area contributed by atoms with Crippen molar-refractivity contribution in [3.63, 3.8) is 0 Å². The third-order valence-corrected chi connectivity index (χ3v) is 6.77. The number of hydrogen-bond acceptors (Lipinski definition) is 5. The molecular weight excluding hydrogens is 460 g/mol. The fourth-order valence-electron chi connectivity index (χ4n) is 5.03. The molecular formula is C28H25ClN4O2. The molecule has 0 saturated heterocycles. The van der Waals surface area contributed by atoms with Crippen molar-refractivity contribution in [3.05, 3.63) is 106 Å². The number of anilines is 1. The lowest BCUT2D eigenvalue weighted by Gasteiger charge is -2.45. The van der Waals surface area contributed by atoms with E-state index in [9.17, 15) is 15.3 Å². The van der Waals surface area contributed by atoms with Crippen LogP contribution in [0.4, 0.5) is 5.69 Å². The number of carbonyl (C=O) groups excluding carboxylic acids is 1. The average Bonchev–Trinajstić information content (AvgIpc) is 2.84. The van der Waals surface area contributed by atoms with Gasteiger partial charge in [-0.15, -0.1) is 0 Å². The third kappa shape index (κ3) is 4.15. The molecule has 0 amide bonds. The van der Waals surface area contributed by atoms with Crippen molar-refractivity contribution in [1.29, 1.82) is 5.41 Å². The second-order valence-electron chi connectivity index (χ2n) is 9.69. The van der Waals surface area contributed by atoms with Gasteiger partial charge in [-0.05, 0) is 59.9 Å². The van der Waals surface area contributed by atoms with Crippen LogP contribution in [0.15, 0.2) is 90.2 Å². The van der Waals surface area contributed by atoms with Crippen LogP contribution >= 0.6 is 11.6 Å². The molecule has 7 heteroatoms. The summed E-state index contributed by atoms with van der Waals surface area (Å²) in [5.41, 5.74) is 3.37. The van der Waals surface area contributed by atoms with E-state index in [2.05, 4.69) is 23.8 Å². The summed E-state index contributed by atoms with van der Waals surface area (Å²) in [4.78, 5) is 24.0. The normalized spacial score (nSPS) is 21.1. The first-order valence-electron chi connectivity index (χ1n) is 11.4. The van der Waals surface area contributed by atoms with Gasteiger partial charge in [-0.3, -0.25) is 25.1 Å². The van der Waals surface area contributed by atoms with Gasteiger partial charge in [-0.2, -0.15) is 0 Å². The number of Topliss-reactive ketones (excluding diaryl/α,β-unsaturated/α-hetero) is 1. The fourth-order valence-corrected chi connectivity index (χ4v) is 5.15. The van der Waals surface area contributed by atoms with E-state index in [-0.39, 0.29) is 22.8 Å². The van der Waals surface area contributed by atoms with Gasteiger partial charge in [0, 0.05) is 58.4 Å². The zero-order valence-corrected chi connectivity index (χ0v) is 20.3. The maximum Gasteiger partial charge on any atom is 0.162 e. The topological polar surface area (TPSA) is 90.2 Å².